The zero-order chi connectivity index (χ0) is 20.7. The summed E-state index contributed by atoms with van der Waals surface area (Å²) in [4.78, 5) is 14.1. The lowest BCUT2D eigenvalue weighted by Gasteiger charge is -2.19. The van der Waals surface area contributed by atoms with Crippen LogP contribution < -0.4 is 4.74 Å². The van der Waals surface area contributed by atoms with Gasteiger partial charge in [0.1, 0.15) is 6.61 Å². The van der Waals surface area contributed by atoms with Crippen molar-refractivity contribution in [2.45, 2.75) is 18.7 Å². The molecule has 28 heavy (non-hydrogen) atoms. The molecule has 1 amide bonds. The second-order valence-electron chi connectivity index (χ2n) is 6.12. The van der Waals surface area contributed by atoms with Crippen LogP contribution in [-0.4, -0.2) is 56.8 Å². The number of hydrogen-bond acceptors (Lipinski definition) is 4. The van der Waals surface area contributed by atoms with E-state index in [0.29, 0.717) is 18.7 Å². The SMILES string of the molecule is CCN(CC)S(=O)(=O)c1ccc(C(=O)N(C)CCOc2ccccc2F)cc1. The van der Waals surface area contributed by atoms with Crippen LogP contribution >= 0.6 is 0 Å². The molecule has 0 N–H and O–H groups in total. The maximum atomic E-state index is 13.5. The molecule has 6 nitrogen and oxygen atoms in total. The summed E-state index contributed by atoms with van der Waals surface area (Å²) in [6, 6.07) is 11.9. The molecule has 2 rings (SSSR count). The number of ether oxygens (including phenoxy) is 1. The second-order valence-corrected chi connectivity index (χ2v) is 8.06. The lowest BCUT2D eigenvalue weighted by atomic mass is 10.2. The number of halogens is 1. The van der Waals surface area contributed by atoms with Gasteiger partial charge in [-0.05, 0) is 36.4 Å². The van der Waals surface area contributed by atoms with Gasteiger partial charge in [0.25, 0.3) is 5.91 Å². The van der Waals surface area contributed by atoms with Crippen LogP contribution in [0, 0.1) is 5.82 Å². The number of amides is 1. The number of benzene rings is 2. The van der Waals surface area contributed by atoms with Crippen molar-refractivity contribution >= 4 is 15.9 Å². The molecule has 0 bridgehead atoms. The zero-order valence-corrected chi connectivity index (χ0v) is 17.1. The van der Waals surface area contributed by atoms with Crippen LogP contribution in [0.4, 0.5) is 4.39 Å². The van der Waals surface area contributed by atoms with E-state index >= 15 is 0 Å². The predicted molar refractivity (Wildman–Crippen MR) is 105 cm³/mol. The molecule has 152 valence electrons. The van der Waals surface area contributed by atoms with Crippen LogP contribution in [0.1, 0.15) is 24.2 Å². The number of carbonyl (C=O) groups is 1. The van der Waals surface area contributed by atoms with E-state index < -0.39 is 15.8 Å². The monoisotopic (exact) mass is 408 g/mol. The zero-order valence-electron chi connectivity index (χ0n) is 16.3. The molecule has 0 aliphatic rings. The van der Waals surface area contributed by atoms with Crippen LogP contribution in [0.25, 0.3) is 0 Å². The Balaban J connectivity index is 1.99. The Hall–Kier alpha value is -2.45. The standard InChI is InChI=1S/C20H25FN2O4S/c1-4-23(5-2)28(25,26)17-12-10-16(11-13-17)20(24)22(3)14-15-27-19-9-7-6-8-18(19)21/h6-13H,4-5,14-15H2,1-3H3. The fourth-order valence-corrected chi connectivity index (χ4v) is 4.12. The van der Waals surface area contributed by atoms with Crippen molar-refractivity contribution in [3.8, 4) is 5.75 Å². The fraction of sp³-hybridized carbons (Fsp3) is 0.350. The first kappa shape index (κ1) is 21.8. The van der Waals surface area contributed by atoms with Crippen molar-refractivity contribution in [2.24, 2.45) is 0 Å². The van der Waals surface area contributed by atoms with Crippen molar-refractivity contribution in [2.75, 3.05) is 33.3 Å². The van der Waals surface area contributed by atoms with Gasteiger partial charge in [-0.15, -0.1) is 0 Å². The van der Waals surface area contributed by atoms with Gasteiger partial charge >= 0.3 is 0 Å². The Morgan fingerprint density at radius 1 is 1.04 bits per heavy atom. The van der Waals surface area contributed by atoms with Gasteiger partial charge in [-0.3, -0.25) is 4.79 Å². The summed E-state index contributed by atoms with van der Waals surface area (Å²) in [6.07, 6.45) is 0. The highest BCUT2D eigenvalue weighted by molar-refractivity contribution is 7.89. The molecule has 0 aliphatic carbocycles. The number of rotatable bonds is 9. The van der Waals surface area contributed by atoms with Gasteiger partial charge in [0.2, 0.25) is 10.0 Å². The molecule has 0 saturated heterocycles. The molecule has 0 aliphatic heterocycles. The van der Waals surface area contributed by atoms with E-state index in [0.717, 1.165) is 0 Å². The van der Waals surface area contributed by atoms with Crippen LogP contribution in [0.3, 0.4) is 0 Å². The first-order valence-electron chi connectivity index (χ1n) is 9.04. The van der Waals surface area contributed by atoms with Crippen LogP contribution in [0.2, 0.25) is 0 Å². The number of likely N-dealkylation sites (N-methyl/N-ethyl adjacent to an activating group) is 1. The topological polar surface area (TPSA) is 66.9 Å². The molecule has 0 saturated carbocycles. The molecule has 0 radical (unpaired) electrons. The summed E-state index contributed by atoms with van der Waals surface area (Å²) in [5, 5.41) is 0. The Morgan fingerprint density at radius 2 is 1.64 bits per heavy atom. The van der Waals surface area contributed by atoms with E-state index in [4.69, 9.17) is 4.74 Å². The minimum absolute atomic E-state index is 0.134. The van der Waals surface area contributed by atoms with Crippen LogP contribution in [0.5, 0.6) is 5.75 Å². The Labute approximate surface area is 165 Å². The lowest BCUT2D eigenvalue weighted by Crippen LogP contribution is -2.31. The van der Waals surface area contributed by atoms with Crippen molar-refractivity contribution in [1.29, 1.82) is 0 Å². The van der Waals surface area contributed by atoms with Crippen molar-refractivity contribution in [1.82, 2.24) is 9.21 Å². The molecule has 0 unspecified atom stereocenters. The largest absolute Gasteiger partial charge is 0.489 e. The third-order valence-corrected chi connectivity index (χ3v) is 6.38. The van der Waals surface area contributed by atoms with Crippen molar-refractivity contribution in [3.63, 3.8) is 0 Å². The summed E-state index contributed by atoms with van der Waals surface area (Å²) in [5.74, 6) is -0.597. The summed E-state index contributed by atoms with van der Waals surface area (Å²) in [7, 11) is -1.96. The van der Waals surface area contributed by atoms with Crippen LogP contribution in [-0.2, 0) is 10.0 Å². The van der Waals surface area contributed by atoms with E-state index in [1.807, 2.05) is 0 Å². The third-order valence-electron chi connectivity index (χ3n) is 4.31. The molecular formula is C20H25FN2O4S. The molecular weight excluding hydrogens is 383 g/mol. The van der Waals surface area contributed by atoms with Gasteiger partial charge in [-0.25, -0.2) is 12.8 Å². The Morgan fingerprint density at radius 3 is 2.21 bits per heavy atom. The minimum Gasteiger partial charge on any atom is -0.489 e. The van der Waals surface area contributed by atoms with E-state index in [2.05, 4.69) is 0 Å². The van der Waals surface area contributed by atoms with Gasteiger partial charge in [0, 0.05) is 25.7 Å². The number of nitrogens with zero attached hydrogens (tertiary/aromatic N) is 2. The molecule has 0 aromatic heterocycles. The van der Waals surface area contributed by atoms with E-state index in [-0.39, 0.29) is 29.7 Å². The van der Waals surface area contributed by atoms with Crippen LogP contribution in [0.15, 0.2) is 53.4 Å². The van der Waals surface area contributed by atoms with Gasteiger partial charge in [0.05, 0.1) is 11.4 Å². The summed E-state index contributed by atoms with van der Waals surface area (Å²) in [5.41, 5.74) is 0.367. The molecule has 2 aromatic carbocycles. The molecule has 0 heterocycles. The number of sulfonamides is 1. The van der Waals surface area contributed by atoms with E-state index in [1.54, 1.807) is 33.0 Å². The van der Waals surface area contributed by atoms with Crippen molar-refractivity contribution < 1.29 is 22.3 Å². The molecule has 2 aromatic rings. The molecule has 0 atom stereocenters. The van der Waals surface area contributed by atoms with E-state index in [1.165, 1.54) is 45.6 Å². The predicted octanol–water partition coefficient (Wildman–Crippen LogP) is 3.01. The molecule has 0 fully saturated rings. The summed E-state index contributed by atoms with van der Waals surface area (Å²) >= 11 is 0. The quantitative estimate of drug-likeness (QED) is 0.640. The highest BCUT2D eigenvalue weighted by Gasteiger charge is 2.22. The molecule has 8 heteroatoms. The maximum absolute atomic E-state index is 13.5. The van der Waals surface area contributed by atoms with Gasteiger partial charge in [-0.2, -0.15) is 4.31 Å². The summed E-state index contributed by atoms with van der Waals surface area (Å²) in [6.45, 7) is 4.70. The average Bonchev–Trinajstić information content (AvgIpc) is 2.69. The highest BCUT2D eigenvalue weighted by atomic mass is 32.2. The summed E-state index contributed by atoms with van der Waals surface area (Å²) < 4.78 is 45.2. The first-order chi connectivity index (χ1) is 13.3. The highest BCUT2D eigenvalue weighted by Crippen LogP contribution is 2.17. The lowest BCUT2D eigenvalue weighted by molar-refractivity contribution is 0.0773. The maximum Gasteiger partial charge on any atom is 0.253 e. The third kappa shape index (κ3) is 5.08. The van der Waals surface area contributed by atoms with Crippen molar-refractivity contribution in [3.05, 3.63) is 59.9 Å². The number of para-hydroxylation sites is 1. The Kier molecular flexibility index (Phi) is 7.53. The Bertz CT molecular complexity index is 897. The van der Waals surface area contributed by atoms with Gasteiger partial charge in [-0.1, -0.05) is 26.0 Å². The normalized spacial score (nSPS) is 11.5. The van der Waals surface area contributed by atoms with Gasteiger partial charge < -0.3 is 9.64 Å². The van der Waals surface area contributed by atoms with E-state index in [9.17, 15) is 17.6 Å². The minimum atomic E-state index is -3.56. The smallest absolute Gasteiger partial charge is 0.253 e. The van der Waals surface area contributed by atoms with Gasteiger partial charge in [0.15, 0.2) is 11.6 Å². The molecule has 0 spiro atoms. The number of hydrogen-bond donors (Lipinski definition) is 0. The average molecular weight is 408 g/mol. The fourth-order valence-electron chi connectivity index (χ4n) is 2.66. The second kappa shape index (κ2) is 9.66. The first-order valence-corrected chi connectivity index (χ1v) is 10.5. The number of carbonyl (C=O) groups excluding carboxylic acids is 1.